The second-order valence-electron chi connectivity index (χ2n) is 12.3. The maximum Gasteiger partial charge on any atom is 0.230 e. The first-order valence-electron chi connectivity index (χ1n) is 14.8. The maximum absolute atomic E-state index is 13.7. The maximum atomic E-state index is 13.7. The molecule has 4 aliphatic rings. The van der Waals surface area contributed by atoms with Crippen LogP contribution in [0.5, 0.6) is 5.88 Å². The third-order valence-electron chi connectivity index (χ3n) is 9.56. The number of hydrogen-bond donors (Lipinski definition) is 1. The quantitative estimate of drug-likeness (QED) is 0.309. The van der Waals surface area contributed by atoms with Gasteiger partial charge in [-0.1, -0.05) is 0 Å². The lowest BCUT2D eigenvalue weighted by Gasteiger charge is -2.61. The number of rotatable bonds is 6. The number of methoxy groups -OCH3 is 1. The van der Waals surface area contributed by atoms with Crippen molar-refractivity contribution in [1.29, 1.82) is 5.26 Å². The summed E-state index contributed by atoms with van der Waals surface area (Å²) >= 11 is 0. The number of fused-ring (bicyclic) bond motifs is 1. The molecular weight excluding hydrogens is 556 g/mol. The molecule has 2 unspecified atom stereocenters. The number of nitriles is 1. The highest BCUT2D eigenvalue weighted by atomic mass is 16.5. The van der Waals surface area contributed by atoms with Gasteiger partial charge in [-0.2, -0.15) is 15.5 Å². The van der Waals surface area contributed by atoms with Crippen LogP contribution in [-0.4, -0.2) is 59.4 Å². The monoisotopic (exact) mass is 586 g/mol. The Morgan fingerprint density at radius 2 is 1.84 bits per heavy atom. The van der Waals surface area contributed by atoms with Crippen molar-refractivity contribution in [3.05, 3.63) is 67.1 Å². The molecule has 0 radical (unpaired) electrons. The van der Waals surface area contributed by atoms with E-state index in [9.17, 15) is 10.1 Å². The Balaban J connectivity index is 1.08. The predicted octanol–water partition coefficient (Wildman–Crippen LogP) is 4.24. The number of amides is 1. The normalized spacial score (nSPS) is 23.6. The Bertz CT molecular complexity index is 1920. The van der Waals surface area contributed by atoms with E-state index < -0.39 is 5.41 Å². The summed E-state index contributed by atoms with van der Waals surface area (Å²) in [5.74, 6) is 1.94. The average molecular weight is 587 g/mol. The summed E-state index contributed by atoms with van der Waals surface area (Å²) in [7, 11) is 3.45. The molecule has 2 saturated heterocycles. The molecule has 2 atom stereocenters. The van der Waals surface area contributed by atoms with E-state index >= 15 is 0 Å². The van der Waals surface area contributed by atoms with E-state index in [2.05, 4.69) is 31.5 Å². The van der Waals surface area contributed by atoms with Crippen molar-refractivity contribution in [3.8, 4) is 34.3 Å². The number of anilines is 2. The van der Waals surface area contributed by atoms with Crippen molar-refractivity contribution in [1.82, 2.24) is 34.3 Å². The molecule has 0 aromatic carbocycles. The van der Waals surface area contributed by atoms with Gasteiger partial charge in [0.1, 0.15) is 11.9 Å². The van der Waals surface area contributed by atoms with Gasteiger partial charge in [0.15, 0.2) is 0 Å². The molecule has 2 aliphatic heterocycles. The number of pyridine rings is 2. The number of piperidine rings is 2. The van der Waals surface area contributed by atoms with Gasteiger partial charge in [-0.15, -0.1) is 0 Å². The van der Waals surface area contributed by atoms with Crippen LogP contribution in [0.25, 0.3) is 27.9 Å². The Morgan fingerprint density at radius 3 is 2.50 bits per heavy atom. The van der Waals surface area contributed by atoms with Crippen LogP contribution in [-0.2, 0) is 11.8 Å². The zero-order valence-corrected chi connectivity index (χ0v) is 24.4. The van der Waals surface area contributed by atoms with Gasteiger partial charge in [-0.25, -0.2) is 14.5 Å². The Morgan fingerprint density at radius 1 is 1.00 bits per heavy atom. The molecule has 220 valence electrons. The van der Waals surface area contributed by atoms with Gasteiger partial charge in [-0.05, 0) is 50.2 Å². The fraction of sp³-hybridized carbons (Fsp3) is 0.344. The SMILES string of the molecule is COc1ccc(NC(=O)C23CC4CC(C2)N(c2cnc(-c5cc(-c6cnn(C)c6)cn6ncc(C#N)c56)cn2)C(C4)C3)cn1. The summed E-state index contributed by atoms with van der Waals surface area (Å²) < 4.78 is 8.62. The Kier molecular flexibility index (Phi) is 5.91. The minimum atomic E-state index is -0.395. The number of nitrogens with zero attached hydrogens (tertiary/aromatic N) is 9. The molecular formula is C32H30N10O2. The van der Waals surface area contributed by atoms with Crippen molar-refractivity contribution >= 4 is 22.9 Å². The van der Waals surface area contributed by atoms with Crippen molar-refractivity contribution in [2.24, 2.45) is 18.4 Å². The van der Waals surface area contributed by atoms with Gasteiger partial charge in [0.25, 0.3) is 0 Å². The highest BCUT2D eigenvalue weighted by Gasteiger charge is 2.58. The highest BCUT2D eigenvalue weighted by Crippen LogP contribution is 2.57. The topological polar surface area (TPSA) is 139 Å². The van der Waals surface area contributed by atoms with Crippen molar-refractivity contribution in [2.75, 3.05) is 17.3 Å². The van der Waals surface area contributed by atoms with Crippen LogP contribution >= 0.6 is 0 Å². The van der Waals surface area contributed by atoms with Gasteiger partial charge in [0.05, 0.1) is 66.0 Å². The number of nitrogens with one attached hydrogen (secondary N) is 1. The van der Waals surface area contributed by atoms with Crippen LogP contribution in [0, 0.1) is 22.7 Å². The molecule has 7 heterocycles. The van der Waals surface area contributed by atoms with Gasteiger partial charge in [0, 0.05) is 54.3 Å². The first-order valence-corrected chi connectivity index (χ1v) is 14.8. The standard InChI is InChI=1S/C32H30N10O2/c1-40-17-22(13-37-40)20-7-26(30-21(11-33)12-38-41(30)18-20)27-15-35-28(16-34-27)42-24-5-19-6-25(42)10-32(8-19,9-24)31(43)39-23-3-4-29(44-2)36-14-23/h3-4,7,12-19,24-25H,5-6,8-10H2,1-2H3,(H,39,43). The van der Waals surface area contributed by atoms with Crippen LogP contribution < -0.4 is 15.0 Å². The molecule has 4 fully saturated rings. The zero-order chi connectivity index (χ0) is 30.0. The zero-order valence-electron chi connectivity index (χ0n) is 24.4. The molecule has 1 N–H and O–H groups in total. The smallest absolute Gasteiger partial charge is 0.230 e. The minimum absolute atomic E-state index is 0.0802. The van der Waals surface area contributed by atoms with E-state index in [4.69, 9.17) is 14.7 Å². The van der Waals surface area contributed by atoms with E-state index in [1.54, 1.807) is 47.2 Å². The van der Waals surface area contributed by atoms with Crippen LogP contribution in [0.1, 0.15) is 37.7 Å². The molecule has 4 bridgehead atoms. The van der Waals surface area contributed by atoms with Crippen LogP contribution in [0.15, 0.2) is 61.6 Å². The highest BCUT2D eigenvalue weighted by molar-refractivity contribution is 5.96. The molecule has 9 rings (SSSR count). The summed E-state index contributed by atoms with van der Waals surface area (Å²) in [6.07, 6.45) is 17.1. The number of hydrogen-bond acceptors (Lipinski definition) is 9. The fourth-order valence-corrected chi connectivity index (χ4v) is 7.84. The largest absolute Gasteiger partial charge is 0.481 e. The third kappa shape index (κ3) is 4.18. The summed E-state index contributed by atoms with van der Waals surface area (Å²) in [5, 5.41) is 21.7. The molecule has 1 amide bonds. The minimum Gasteiger partial charge on any atom is -0.481 e. The Labute approximate surface area is 253 Å². The molecule has 0 spiro atoms. The molecule has 12 heteroatoms. The summed E-state index contributed by atoms with van der Waals surface area (Å²) in [5.41, 5.74) is 4.75. The third-order valence-corrected chi connectivity index (χ3v) is 9.56. The molecule has 5 aromatic heterocycles. The van der Waals surface area contributed by atoms with E-state index in [0.717, 1.165) is 54.6 Å². The molecule has 12 nitrogen and oxygen atoms in total. The molecule has 2 aliphatic carbocycles. The summed E-state index contributed by atoms with van der Waals surface area (Å²) in [6, 6.07) is 8.31. The number of aromatic nitrogens is 7. The first kappa shape index (κ1) is 26.3. The second kappa shape index (κ2) is 9.87. The molecule has 44 heavy (non-hydrogen) atoms. The predicted molar refractivity (Wildman–Crippen MR) is 162 cm³/mol. The van der Waals surface area contributed by atoms with Gasteiger partial charge >= 0.3 is 0 Å². The summed E-state index contributed by atoms with van der Waals surface area (Å²) in [6.45, 7) is 0. The van der Waals surface area contributed by atoms with Gasteiger partial charge in [0.2, 0.25) is 11.8 Å². The van der Waals surface area contributed by atoms with E-state index in [-0.39, 0.29) is 18.0 Å². The van der Waals surface area contributed by atoms with E-state index in [0.29, 0.717) is 34.3 Å². The second-order valence-corrected chi connectivity index (χ2v) is 12.3. The van der Waals surface area contributed by atoms with Crippen molar-refractivity contribution in [2.45, 2.75) is 44.2 Å². The average Bonchev–Trinajstić information content (AvgIpc) is 3.67. The first-order chi connectivity index (χ1) is 21.4. The van der Waals surface area contributed by atoms with Gasteiger partial charge in [-0.3, -0.25) is 14.5 Å². The van der Waals surface area contributed by atoms with E-state index in [1.165, 1.54) is 0 Å². The summed E-state index contributed by atoms with van der Waals surface area (Å²) in [4.78, 5) is 30.1. The number of carbonyl (C=O) groups is 1. The lowest BCUT2D eigenvalue weighted by atomic mass is 9.55. The van der Waals surface area contributed by atoms with Crippen LogP contribution in [0.4, 0.5) is 11.5 Å². The lowest BCUT2D eigenvalue weighted by Crippen LogP contribution is -2.64. The Hall–Kier alpha value is -5.31. The number of carbonyl (C=O) groups excluding carboxylic acids is 1. The lowest BCUT2D eigenvalue weighted by molar-refractivity contribution is -0.134. The van der Waals surface area contributed by atoms with Crippen LogP contribution in [0.2, 0.25) is 0 Å². The van der Waals surface area contributed by atoms with Crippen molar-refractivity contribution in [3.63, 3.8) is 0 Å². The number of ether oxygens (including phenoxy) is 1. The van der Waals surface area contributed by atoms with Gasteiger partial charge < -0.3 is 15.0 Å². The van der Waals surface area contributed by atoms with E-state index in [1.807, 2.05) is 37.8 Å². The molecule has 5 aromatic rings. The fourth-order valence-electron chi connectivity index (χ4n) is 7.84. The van der Waals surface area contributed by atoms with Crippen molar-refractivity contribution < 1.29 is 9.53 Å². The molecule has 2 saturated carbocycles. The number of aryl methyl sites for hydroxylation is 1. The van der Waals surface area contributed by atoms with Crippen LogP contribution in [0.3, 0.4) is 0 Å².